The molecule has 0 saturated heterocycles. The minimum atomic E-state index is 0.592. The van der Waals surface area contributed by atoms with E-state index in [1.807, 2.05) is 0 Å². The second-order valence-electron chi connectivity index (χ2n) is 1.95. The number of rotatable bonds is 0. The largest absolute Gasteiger partial charge is 0.486 e. The van der Waals surface area contributed by atoms with E-state index in [9.17, 15) is 0 Å². The van der Waals surface area contributed by atoms with Crippen molar-refractivity contribution in [2.75, 3.05) is 13.2 Å². The molecule has 0 aromatic carbocycles. The van der Waals surface area contributed by atoms with Crippen LogP contribution in [0.15, 0.2) is 12.3 Å². The molecule has 3 nitrogen and oxygen atoms in total. The third-order valence-corrected chi connectivity index (χ3v) is 1.28. The summed E-state index contributed by atoms with van der Waals surface area (Å²) in [5, 5.41) is 0. The SMILES string of the molecule is [c]1nccc2c1OCCO2. The normalized spacial score (nSPS) is 14.8. The van der Waals surface area contributed by atoms with Crippen LogP contribution in [0.4, 0.5) is 0 Å². The number of ether oxygens (including phenoxy) is 2. The first-order valence-electron chi connectivity index (χ1n) is 3.09. The zero-order valence-electron chi connectivity index (χ0n) is 5.33. The highest BCUT2D eigenvalue weighted by Crippen LogP contribution is 2.26. The van der Waals surface area contributed by atoms with Gasteiger partial charge in [0.05, 0.1) is 0 Å². The number of hydrogen-bond donors (Lipinski definition) is 0. The van der Waals surface area contributed by atoms with Crippen LogP contribution in [0.2, 0.25) is 0 Å². The Morgan fingerprint density at radius 2 is 2.30 bits per heavy atom. The van der Waals surface area contributed by atoms with Crippen LogP contribution < -0.4 is 9.47 Å². The predicted molar refractivity (Wildman–Crippen MR) is 34.1 cm³/mol. The van der Waals surface area contributed by atoms with E-state index in [1.165, 1.54) is 0 Å². The molecule has 1 radical (unpaired) electrons. The Bertz CT molecular complexity index is 212. The quantitative estimate of drug-likeness (QED) is 0.524. The Labute approximate surface area is 58.6 Å². The van der Waals surface area contributed by atoms with Gasteiger partial charge in [0.15, 0.2) is 11.5 Å². The maximum Gasteiger partial charge on any atom is 0.189 e. The minimum absolute atomic E-state index is 0.592. The van der Waals surface area contributed by atoms with E-state index in [0.717, 1.165) is 5.75 Å². The maximum atomic E-state index is 5.23. The molecule has 2 heterocycles. The second kappa shape index (κ2) is 2.17. The van der Waals surface area contributed by atoms with Crippen LogP contribution >= 0.6 is 0 Å². The molecule has 0 N–H and O–H groups in total. The molecule has 0 saturated carbocycles. The average Bonchev–Trinajstić information content (AvgIpc) is 2.05. The third kappa shape index (κ3) is 0.795. The third-order valence-electron chi connectivity index (χ3n) is 1.28. The van der Waals surface area contributed by atoms with Gasteiger partial charge in [0, 0.05) is 12.3 Å². The molecule has 0 spiro atoms. The molecule has 1 aromatic rings. The monoisotopic (exact) mass is 136 g/mol. The van der Waals surface area contributed by atoms with Gasteiger partial charge in [0.1, 0.15) is 19.4 Å². The summed E-state index contributed by atoms with van der Waals surface area (Å²) in [7, 11) is 0. The summed E-state index contributed by atoms with van der Waals surface area (Å²) in [5.41, 5.74) is 0. The molecule has 1 aliphatic rings. The van der Waals surface area contributed by atoms with Gasteiger partial charge in [-0.3, -0.25) is 4.98 Å². The van der Waals surface area contributed by atoms with Crippen LogP contribution in [0, 0.1) is 6.20 Å². The van der Waals surface area contributed by atoms with Gasteiger partial charge in [-0.05, 0) is 0 Å². The highest BCUT2D eigenvalue weighted by molar-refractivity contribution is 5.36. The summed E-state index contributed by atoms with van der Waals surface area (Å²) in [6, 6.07) is 1.77. The zero-order chi connectivity index (χ0) is 6.81. The van der Waals surface area contributed by atoms with Crippen LogP contribution in [0.1, 0.15) is 0 Å². The molecule has 0 aliphatic carbocycles. The highest BCUT2D eigenvalue weighted by Gasteiger charge is 2.09. The van der Waals surface area contributed by atoms with Crippen LogP contribution in [-0.4, -0.2) is 18.2 Å². The minimum Gasteiger partial charge on any atom is -0.486 e. The Kier molecular flexibility index (Phi) is 1.20. The summed E-state index contributed by atoms with van der Waals surface area (Å²) in [6.45, 7) is 1.21. The molecule has 51 valence electrons. The lowest BCUT2D eigenvalue weighted by atomic mass is 10.4. The summed E-state index contributed by atoms with van der Waals surface area (Å²) < 4.78 is 10.4. The fourth-order valence-electron chi connectivity index (χ4n) is 0.844. The molecule has 3 heteroatoms. The summed E-state index contributed by atoms with van der Waals surface area (Å²) >= 11 is 0. The number of pyridine rings is 1. The van der Waals surface area contributed by atoms with Crippen molar-refractivity contribution in [2.45, 2.75) is 0 Å². The molecule has 10 heavy (non-hydrogen) atoms. The van der Waals surface area contributed by atoms with E-state index in [2.05, 4.69) is 11.2 Å². The molecule has 0 unspecified atom stereocenters. The van der Waals surface area contributed by atoms with Crippen molar-refractivity contribution in [3.8, 4) is 11.5 Å². The number of hydrogen-bond acceptors (Lipinski definition) is 3. The average molecular weight is 136 g/mol. The lowest BCUT2D eigenvalue weighted by Gasteiger charge is -2.16. The standard InChI is InChI=1S/C7H6NO2/c1-2-8-5-7-6(1)9-3-4-10-7/h1-2H,3-4H2. The van der Waals surface area contributed by atoms with Crippen molar-refractivity contribution in [3.05, 3.63) is 18.5 Å². The number of nitrogens with zero attached hydrogens (tertiary/aromatic N) is 1. The van der Waals surface area contributed by atoms with Gasteiger partial charge in [0.2, 0.25) is 0 Å². The Hall–Kier alpha value is -1.25. The van der Waals surface area contributed by atoms with Gasteiger partial charge in [-0.2, -0.15) is 0 Å². The first kappa shape index (κ1) is 5.53. The molecular formula is C7H6NO2. The summed E-state index contributed by atoms with van der Waals surface area (Å²) in [4.78, 5) is 3.77. The van der Waals surface area contributed by atoms with E-state index in [0.29, 0.717) is 19.0 Å². The van der Waals surface area contributed by atoms with Gasteiger partial charge in [-0.15, -0.1) is 0 Å². The van der Waals surface area contributed by atoms with E-state index < -0.39 is 0 Å². The van der Waals surface area contributed by atoms with Crippen LogP contribution in [-0.2, 0) is 0 Å². The van der Waals surface area contributed by atoms with Crippen LogP contribution in [0.3, 0.4) is 0 Å². The van der Waals surface area contributed by atoms with E-state index in [-0.39, 0.29) is 0 Å². The van der Waals surface area contributed by atoms with Crippen molar-refractivity contribution < 1.29 is 9.47 Å². The molecule has 0 atom stereocenters. The van der Waals surface area contributed by atoms with E-state index in [1.54, 1.807) is 12.3 Å². The Morgan fingerprint density at radius 1 is 1.40 bits per heavy atom. The van der Waals surface area contributed by atoms with Crippen molar-refractivity contribution >= 4 is 0 Å². The fourth-order valence-corrected chi connectivity index (χ4v) is 0.844. The number of fused-ring (bicyclic) bond motifs is 1. The number of aromatic nitrogens is 1. The Balaban J connectivity index is 2.41. The van der Waals surface area contributed by atoms with Gasteiger partial charge in [-0.1, -0.05) is 0 Å². The molecule has 0 amide bonds. The first-order valence-corrected chi connectivity index (χ1v) is 3.09. The maximum absolute atomic E-state index is 5.23. The molecule has 2 rings (SSSR count). The smallest absolute Gasteiger partial charge is 0.189 e. The molecule has 0 fully saturated rings. The summed E-state index contributed by atoms with van der Waals surface area (Å²) in [5.74, 6) is 1.36. The molecule has 1 aliphatic heterocycles. The van der Waals surface area contributed by atoms with Gasteiger partial charge in [-0.25, -0.2) is 0 Å². The summed E-state index contributed by atoms with van der Waals surface area (Å²) in [6.07, 6.45) is 4.32. The first-order chi connectivity index (χ1) is 4.97. The van der Waals surface area contributed by atoms with Crippen molar-refractivity contribution in [1.29, 1.82) is 0 Å². The lowest BCUT2D eigenvalue weighted by Crippen LogP contribution is -2.15. The molecular weight excluding hydrogens is 130 g/mol. The highest BCUT2D eigenvalue weighted by atomic mass is 16.6. The van der Waals surface area contributed by atoms with Crippen molar-refractivity contribution in [2.24, 2.45) is 0 Å². The topological polar surface area (TPSA) is 31.4 Å². The molecule has 0 bridgehead atoms. The van der Waals surface area contributed by atoms with Crippen LogP contribution in [0.25, 0.3) is 0 Å². The van der Waals surface area contributed by atoms with Crippen molar-refractivity contribution in [3.63, 3.8) is 0 Å². The fraction of sp³-hybridized carbons (Fsp3) is 0.286. The van der Waals surface area contributed by atoms with Crippen LogP contribution in [0.5, 0.6) is 11.5 Å². The van der Waals surface area contributed by atoms with Crippen molar-refractivity contribution in [1.82, 2.24) is 4.98 Å². The van der Waals surface area contributed by atoms with Gasteiger partial charge >= 0.3 is 0 Å². The van der Waals surface area contributed by atoms with E-state index >= 15 is 0 Å². The molecule has 1 aromatic heterocycles. The predicted octanol–water partition coefficient (Wildman–Crippen LogP) is 0.653. The van der Waals surface area contributed by atoms with Gasteiger partial charge < -0.3 is 9.47 Å². The zero-order valence-corrected chi connectivity index (χ0v) is 5.33. The van der Waals surface area contributed by atoms with Gasteiger partial charge in [0.25, 0.3) is 0 Å². The lowest BCUT2D eigenvalue weighted by molar-refractivity contribution is 0.170. The van der Waals surface area contributed by atoms with E-state index in [4.69, 9.17) is 9.47 Å². The Morgan fingerprint density at radius 3 is 3.20 bits per heavy atom. The second-order valence-corrected chi connectivity index (χ2v) is 1.95.